The van der Waals surface area contributed by atoms with Gasteiger partial charge in [0.15, 0.2) is 0 Å². The summed E-state index contributed by atoms with van der Waals surface area (Å²) in [5, 5.41) is 0. The monoisotopic (exact) mass is 140 g/mol. The number of hydrogen-bond acceptors (Lipinski definition) is 1. The Morgan fingerprint density at radius 1 is 1.20 bits per heavy atom. The number of carbonyl (C=O) groups is 1. The molecule has 1 nitrogen and oxygen atoms in total. The van der Waals surface area contributed by atoms with E-state index in [2.05, 4.69) is 6.92 Å². The van der Waals surface area contributed by atoms with Crippen molar-refractivity contribution >= 4 is 5.78 Å². The highest BCUT2D eigenvalue weighted by Gasteiger charge is 2.20. The van der Waals surface area contributed by atoms with Gasteiger partial charge in [-0.05, 0) is 25.7 Å². The third kappa shape index (κ3) is 1.83. The predicted molar refractivity (Wildman–Crippen MR) is 41.8 cm³/mol. The van der Waals surface area contributed by atoms with Crippen LogP contribution in [0.15, 0.2) is 0 Å². The van der Waals surface area contributed by atoms with Gasteiger partial charge in [-0.3, -0.25) is 4.79 Å². The first-order valence-electron chi connectivity index (χ1n) is 4.20. The van der Waals surface area contributed by atoms with Crippen LogP contribution in [0.25, 0.3) is 0 Å². The highest BCUT2D eigenvalue weighted by Crippen LogP contribution is 2.28. The zero-order valence-corrected chi connectivity index (χ0v) is 6.89. The Hall–Kier alpha value is -0.330. The Bertz CT molecular complexity index is 121. The fourth-order valence-corrected chi connectivity index (χ4v) is 1.67. The van der Waals surface area contributed by atoms with Crippen molar-refractivity contribution < 1.29 is 4.79 Å². The van der Waals surface area contributed by atoms with Crippen LogP contribution in [0.5, 0.6) is 0 Å². The second-order valence-corrected chi connectivity index (χ2v) is 3.57. The molecule has 1 saturated carbocycles. The minimum Gasteiger partial charge on any atom is -0.300 e. The zero-order chi connectivity index (χ0) is 7.56. The topological polar surface area (TPSA) is 17.1 Å². The largest absolute Gasteiger partial charge is 0.300 e. The van der Waals surface area contributed by atoms with E-state index in [0.717, 1.165) is 18.8 Å². The Balaban J connectivity index is 2.33. The maximum Gasteiger partial charge on any atom is 0.132 e. The minimum absolute atomic E-state index is 0.395. The quantitative estimate of drug-likeness (QED) is 0.546. The summed E-state index contributed by atoms with van der Waals surface area (Å²) in [5.41, 5.74) is 0. The van der Waals surface area contributed by atoms with Crippen LogP contribution in [0.3, 0.4) is 0 Å². The van der Waals surface area contributed by atoms with Gasteiger partial charge >= 0.3 is 0 Å². The standard InChI is InChI=1S/C9H16O/c1-7-3-5-9(6-4-7)8(2)10/h7,9H,3-6H2,1-2H3/t7-,9-. The Morgan fingerprint density at radius 3 is 2.10 bits per heavy atom. The molecule has 0 N–H and O–H groups in total. The molecular weight excluding hydrogens is 124 g/mol. The molecule has 58 valence electrons. The van der Waals surface area contributed by atoms with Crippen LogP contribution >= 0.6 is 0 Å². The Labute approximate surface area is 62.8 Å². The van der Waals surface area contributed by atoms with Crippen LogP contribution < -0.4 is 0 Å². The minimum atomic E-state index is 0.395. The molecule has 0 aromatic rings. The molecule has 0 radical (unpaired) electrons. The van der Waals surface area contributed by atoms with Gasteiger partial charge in [-0.2, -0.15) is 0 Å². The van der Waals surface area contributed by atoms with Crippen LogP contribution in [-0.2, 0) is 4.79 Å². The molecule has 10 heavy (non-hydrogen) atoms. The summed E-state index contributed by atoms with van der Waals surface area (Å²) in [5.74, 6) is 1.65. The van der Waals surface area contributed by atoms with Crippen LogP contribution in [0, 0.1) is 11.8 Å². The van der Waals surface area contributed by atoms with Crippen molar-refractivity contribution in [2.24, 2.45) is 11.8 Å². The molecule has 0 unspecified atom stereocenters. The van der Waals surface area contributed by atoms with Crippen LogP contribution in [0.2, 0.25) is 0 Å². The van der Waals surface area contributed by atoms with Crippen molar-refractivity contribution in [2.45, 2.75) is 39.5 Å². The molecule has 0 bridgehead atoms. The second kappa shape index (κ2) is 3.18. The first-order chi connectivity index (χ1) is 4.70. The summed E-state index contributed by atoms with van der Waals surface area (Å²) >= 11 is 0. The summed E-state index contributed by atoms with van der Waals surface area (Å²) in [6.07, 6.45) is 4.78. The predicted octanol–water partition coefficient (Wildman–Crippen LogP) is 2.40. The molecule has 0 heterocycles. The van der Waals surface area contributed by atoms with Crippen LogP contribution in [0.1, 0.15) is 39.5 Å². The summed E-state index contributed by atoms with van der Waals surface area (Å²) in [6, 6.07) is 0. The summed E-state index contributed by atoms with van der Waals surface area (Å²) in [4.78, 5) is 10.9. The second-order valence-electron chi connectivity index (χ2n) is 3.57. The molecule has 1 rings (SSSR count). The highest BCUT2D eigenvalue weighted by molar-refractivity contribution is 5.78. The van der Waals surface area contributed by atoms with E-state index in [9.17, 15) is 4.79 Å². The van der Waals surface area contributed by atoms with Crippen LogP contribution in [0.4, 0.5) is 0 Å². The van der Waals surface area contributed by atoms with E-state index in [1.54, 1.807) is 6.92 Å². The molecule has 1 fully saturated rings. The van der Waals surface area contributed by atoms with E-state index in [0.29, 0.717) is 11.7 Å². The van der Waals surface area contributed by atoms with Crippen molar-refractivity contribution in [3.63, 3.8) is 0 Å². The molecule has 0 aromatic heterocycles. The summed E-state index contributed by atoms with van der Waals surface area (Å²) in [7, 11) is 0. The third-order valence-electron chi connectivity index (χ3n) is 2.59. The fourth-order valence-electron chi connectivity index (χ4n) is 1.67. The van der Waals surface area contributed by atoms with Gasteiger partial charge in [-0.1, -0.05) is 19.8 Å². The molecule has 1 aliphatic rings. The number of carbonyl (C=O) groups excluding carboxylic acids is 1. The molecule has 1 aliphatic carbocycles. The van der Waals surface area contributed by atoms with Gasteiger partial charge in [0.25, 0.3) is 0 Å². The van der Waals surface area contributed by atoms with Crippen molar-refractivity contribution in [1.82, 2.24) is 0 Å². The summed E-state index contributed by atoms with van der Waals surface area (Å²) in [6.45, 7) is 4.00. The van der Waals surface area contributed by atoms with Crippen molar-refractivity contribution in [1.29, 1.82) is 0 Å². The fraction of sp³-hybridized carbons (Fsp3) is 0.889. The van der Waals surface area contributed by atoms with Crippen molar-refractivity contribution in [3.8, 4) is 0 Å². The Kier molecular flexibility index (Phi) is 2.47. The summed E-state index contributed by atoms with van der Waals surface area (Å²) < 4.78 is 0. The average molecular weight is 140 g/mol. The molecule has 0 aromatic carbocycles. The van der Waals surface area contributed by atoms with Gasteiger partial charge in [0.1, 0.15) is 5.78 Å². The van der Waals surface area contributed by atoms with Gasteiger partial charge in [-0.25, -0.2) is 0 Å². The lowest BCUT2D eigenvalue weighted by Gasteiger charge is -2.23. The SMILES string of the molecule is CC(=O)[C@H]1CC[C@H](C)CC1. The number of hydrogen-bond donors (Lipinski definition) is 0. The van der Waals surface area contributed by atoms with E-state index in [1.165, 1.54) is 12.8 Å². The lowest BCUT2D eigenvalue weighted by molar-refractivity contribution is -0.121. The molecule has 0 saturated heterocycles. The average Bonchev–Trinajstić information content (AvgIpc) is 1.88. The maximum atomic E-state index is 10.9. The van der Waals surface area contributed by atoms with E-state index < -0.39 is 0 Å². The van der Waals surface area contributed by atoms with Gasteiger partial charge in [0.05, 0.1) is 0 Å². The Morgan fingerprint density at radius 2 is 1.70 bits per heavy atom. The van der Waals surface area contributed by atoms with E-state index >= 15 is 0 Å². The number of Topliss-reactive ketones (excluding diaryl/α,β-unsaturated/α-hetero) is 1. The van der Waals surface area contributed by atoms with Gasteiger partial charge in [-0.15, -0.1) is 0 Å². The third-order valence-corrected chi connectivity index (χ3v) is 2.59. The molecule has 0 aliphatic heterocycles. The highest BCUT2D eigenvalue weighted by atomic mass is 16.1. The first-order valence-corrected chi connectivity index (χ1v) is 4.20. The lowest BCUT2D eigenvalue weighted by atomic mass is 9.81. The normalized spacial score (nSPS) is 33.8. The number of ketones is 1. The molecule has 0 amide bonds. The van der Waals surface area contributed by atoms with Gasteiger partial charge in [0.2, 0.25) is 0 Å². The van der Waals surface area contributed by atoms with Gasteiger partial charge in [0, 0.05) is 5.92 Å². The first kappa shape index (κ1) is 7.77. The number of rotatable bonds is 1. The molecule has 1 heteroatoms. The van der Waals surface area contributed by atoms with Crippen LogP contribution in [-0.4, -0.2) is 5.78 Å². The van der Waals surface area contributed by atoms with E-state index in [1.807, 2.05) is 0 Å². The van der Waals surface area contributed by atoms with Crippen molar-refractivity contribution in [3.05, 3.63) is 0 Å². The smallest absolute Gasteiger partial charge is 0.132 e. The van der Waals surface area contributed by atoms with Gasteiger partial charge < -0.3 is 0 Å². The lowest BCUT2D eigenvalue weighted by Crippen LogP contribution is -2.18. The zero-order valence-electron chi connectivity index (χ0n) is 6.89. The maximum absolute atomic E-state index is 10.9. The van der Waals surface area contributed by atoms with Crippen molar-refractivity contribution in [2.75, 3.05) is 0 Å². The van der Waals surface area contributed by atoms with E-state index in [4.69, 9.17) is 0 Å². The molecule has 0 atom stereocenters. The molecule has 0 spiro atoms. The van der Waals surface area contributed by atoms with E-state index in [-0.39, 0.29) is 0 Å². The molecular formula is C9H16O.